The van der Waals surface area contributed by atoms with Crippen molar-refractivity contribution in [3.63, 3.8) is 0 Å². The Morgan fingerprint density at radius 1 is 0.532 bits per heavy atom. The molecule has 0 radical (unpaired) electrons. The summed E-state index contributed by atoms with van der Waals surface area (Å²) in [4.78, 5) is 25.5. The normalized spacial score (nSPS) is 19.9. The molecule has 0 aromatic heterocycles. The van der Waals surface area contributed by atoms with Gasteiger partial charge in [0.15, 0.2) is 12.4 Å². The molecule has 1 saturated heterocycles. The second kappa shape index (κ2) is 39.7. The maximum Gasteiger partial charge on any atom is 0.306 e. The summed E-state index contributed by atoms with van der Waals surface area (Å²) >= 11 is 0. The molecule has 6 atom stereocenters. The van der Waals surface area contributed by atoms with Crippen molar-refractivity contribution in [2.24, 2.45) is 0 Å². The Kier molecular flexibility index (Phi) is 37.4. The van der Waals surface area contributed by atoms with Crippen LogP contribution in [-0.2, 0) is 38.7 Å². The van der Waals surface area contributed by atoms with Crippen molar-refractivity contribution >= 4 is 22.1 Å². The van der Waals surface area contributed by atoms with Crippen LogP contribution in [0.25, 0.3) is 0 Å². The first kappa shape index (κ1) is 58.4. The van der Waals surface area contributed by atoms with Crippen LogP contribution in [0.15, 0.2) is 12.2 Å². The van der Waals surface area contributed by atoms with Gasteiger partial charge >= 0.3 is 11.9 Å². The van der Waals surface area contributed by atoms with Gasteiger partial charge in [0, 0.05) is 12.8 Å². The molecule has 366 valence electrons. The molecule has 0 saturated carbocycles. The molecule has 0 aromatic rings. The van der Waals surface area contributed by atoms with Gasteiger partial charge in [-0.1, -0.05) is 193 Å². The Balaban J connectivity index is 2.38. The molecule has 1 aliphatic rings. The molecule has 1 aliphatic heterocycles. The van der Waals surface area contributed by atoms with Gasteiger partial charge in [-0.2, -0.15) is 8.42 Å². The fourth-order valence-electron chi connectivity index (χ4n) is 7.91. The van der Waals surface area contributed by atoms with Gasteiger partial charge in [0.2, 0.25) is 0 Å². The van der Waals surface area contributed by atoms with Crippen LogP contribution in [0.1, 0.15) is 232 Å². The summed E-state index contributed by atoms with van der Waals surface area (Å²) in [6.45, 7) is 3.78. The molecule has 1 rings (SSSR count). The summed E-state index contributed by atoms with van der Waals surface area (Å²) in [6.07, 6.45) is 33.9. The maximum absolute atomic E-state index is 12.9. The number of unbranched alkanes of at least 4 members (excludes halogenated alkanes) is 29. The van der Waals surface area contributed by atoms with Crippen LogP contribution in [0.3, 0.4) is 0 Å². The lowest BCUT2D eigenvalue weighted by Gasteiger charge is -2.40. The van der Waals surface area contributed by atoms with E-state index in [1.165, 1.54) is 135 Å². The van der Waals surface area contributed by atoms with Gasteiger partial charge in [-0.3, -0.25) is 14.1 Å². The Morgan fingerprint density at radius 3 is 1.34 bits per heavy atom. The monoisotopic (exact) mass is 905 g/mol. The largest absolute Gasteiger partial charge is 0.462 e. The molecule has 62 heavy (non-hydrogen) atoms. The molecular weight excluding hydrogens is 813 g/mol. The lowest BCUT2D eigenvalue weighted by molar-refractivity contribution is -0.297. The number of aliphatic hydroxyl groups excluding tert-OH is 3. The van der Waals surface area contributed by atoms with Crippen molar-refractivity contribution < 1.29 is 56.8 Å². The standard InChI is InChI=1S/C49H92O12S/c1-3-5-7-9-11-13-15-17-19-20-21-22-24-26-28-30-32-34-36-38-45(51)60-42(40-59-49-48(54)47(53)46(52)43(61-49)41-62(55,56)57)39-58-44(50)37-35-33-31-29-27-25-23-18-16-14-12-10-8-6-4-2/h18,23,42-43,46-49,52-54H,3-17,19-22,24-41H2,1-2H3,(H,55,56,57)/b23-18+/t42-,43-,46-,47?,48?,49+/m1/s1. The zero-order chi connectivity index (χ0) is 45.5. The molecule has 0 amide bonds. The highest BCUT2D eigenvalue weighted by molar-refractivity contribution is 7.85. The van der Waals surface area contributed by atoms with Crippen LogP contribution < -0.4 is 0 Å². The van der Waals surface area contributed by atoms with Crippen LogP contribution in [0, 0.1) is 0 Å². The maximum atomic E-state index is 12.9. The molecule has 1 heterocycles. The van der Waals surface area contributed by atoms with Crippen LogP contribution >= 0.6 is 0 Å². The number of esters is 2. The van der Waals surface area contributed by atoms with E-state index in [2.05, 4.69) is 26.0 Å². The number of allylic oxidation sites excluding steroid dienone is 2. The third-order valence-corrected chi connectivity index (χ3v) is 12.6. The predicted molar refractivity (Wildman–Crippen MR) is 247 cm³/mol. The highest BCUT2D eigenvalue weighted by Crippen LogP contribution is 2.24. The van der Waals surface area contributed by atoms with Crippen molar-refractivity contribution in [1.29, 1.82) is 0 Å². The topological polar surface area (TPSA) is 186 Å². The predicted octanol–water partition coefficient (Wildman–Crippen LogP) is 11.0. The fourth-order valence-corrected chi connectivity index (χ4v) is 8.60. The minimum atomic E-state index is -4.60. The number of aliphatic hydroxyl groups is 3. The molecular formula is C49H92O12S. The van der Waals surface area contributed by atoms with Gasteiger partial charge in [-0.05, 0) is 38.5 Å². The summed E-state index contributed by atoms with van der Waals surface area (Å²) in [5, 5.41) is 30.9. The van der Waals surface area contributed by atoms with E-state index in [4.69, 9.17) is 18.9 Å². The third-order valence-electron chi connectivity index (χ3n) is 11.8. The summed E-state index contributed by atoms with van der Waals surface area (Å²) in [5.41, 5.74) is 0. The van der Waals surface area contributed by atoms with Gasteiger partial charge in [0.05, 0.1) is 6.61 Å². The number of rotatable bonds is 43. The molecule has 4 N–H and O–H groups in total. The summed E-state index contributed by atoms with van der Waals surface area (Å²) in [6, 6.07) is 0. The first-order valence-corrected chi connectivity index (χ1v) is 26.9. The number of carbonyl (C=O) groups is 2. The van der Waals surface area contributed by atoms with Crippen molar-refractivity contribution in [1.82, 2.24) is 0 Å². The van der Waals surface area contributed by atoms with E-state index in [1.807, 2.05) is 0 Å². The zero-order valence-corrected chi connectivity index (χ0v) is 40.1. The molecule has 12 nitrogen and oxygen atoms in total. The lowest BCUT2D eigenvalue weighted by atomic mass is 10.00. The van der Waals surface area contributed by atoms with Crippen molar-refractivity contribution in [3.8, 4) is 0 Å². The first-order valence-electron chi connectivity index (χ1n) is 25.2. The van der Waals surface area contributed by atoms with Gasteiger partial charge in [0.25, 0.3) is 10.1 Å². The Bertz CT molecular complexity index is 1200. The van der Waals surface area contributed by atoms with Crippen LogP contribution in [0.2, 0.25) is 0 Å². The van der Waals surface area contributed by atoms with Gasteiger partial charge in [-0.15, -0.1) is 0 Å². The van der Waals surface area contributed by atoms with Crippen molar-refractivity contribution in [2.75, 3.05) is 19.0 Å². The average Bonchev–Trinajstić information content (AvgIpc) is 3.24. The second-order valence-corrected chi connectivity index (χ2v) is 19.3. The Hall–Kier alpha value is -1.61. The lowest BCUT2D eigenvalue weighted by Crippen LogP contribution is -2.60. The smallest absolute Gasteiger partial charge is 0.306 e. The van der Waals surface area contributed by atoms with Crippen LogP contribution in [0.5, 0.6) is 0 Å². The second-order valence-electron chi connectivity index (χ2n) is 17.8. The number of hydrogen-bond acceptors (Lipinski definition) is 11. The van der Waals surface area contributed by atoms with Crippen LogP contribution in [0.4, 0.5) is 0 Å². The summed E-state index contributed by atoms with van der Waals surface area (Å²) in [7, 11) is -4.60. The van der Waals surface area contributed by atoms with E-state index >= 15 is 0 Å². The molecule has 0 aromatic carbocycles. The van der Waals surface area contributed by atoms with E-state index in [-0.39, 0.29) is 19.4 Å². The average molecular weight is 905 g/mol. The van der Waals surface area contributed by atoms with Crippen molar-refractivity contribution in [2.45, 2.75) is 269 Å². The van der Waals surface area contributed by atoms with Gasteiger partial charge in [-0.25, -0.2) is 0 Å². The van der Waals surface area contributed by atoms with Gasteiger partial charge < -0.3 is 34.3 Å². The minimum absolute atomic E-state index is 0.169. The van der Waals surface area contributed by atoms with E-state index < -0.39 is 71.2 Å². The van der Waals surface area contributed by atoms with E-state index in [1.54, 1.807) is 0 Å². The van der Waals surface area contributed by atoms with Crippen LogP contribution in [-0.4, -0.2) is 96.0 Å². The summed E-state index contributed by atoms with van der Waals surface area (Å²) < 4.78 is 54.2. The molecule has 13 heteroatoms. The Labute approximate surface area is 377 Å². The summed E-state index contributed by atoms with van der Waals surface area (Å²) in [5.74, 6) is -1.98. The molecule has 0 spiro atoms. The highest BCUT2D eigenvalue weighted by Gasteiger charge is 2.46. The fraction of sp³-hybridized carbons (Fsp3) is 0.918. The quantitative estimate of drug-likeness (QED) is 0.0197. The molecule has 0 aliphatic carbocycles. The number of hydrogen-bond donors (Lipinski definition) is 4. The van der Waals surface area contributed by atoms with E-state index in [9.17, 15) is 37.9 Å². The molecule has 1 fully saturated rings. The SMILES string of the molecule is CCCCCCCC/C=C/CCCCCCCC(=O)OC[C@H](CO[C@H]1O[C@H](CS(=O)(=O)O)[C@@H](O)C(O)C1O)OC(=O)CCCCCCCCCCCCCCCCCCCCC. The minimum Gasteiger partial charge on any atom is -0.462 e. The molecule has 0 bridgehead atoms. The third kappa shape index (κ3) is 33.8. The van der Waals surface area contributed by atoms with Gasteiger partial charge in [0.1, 0.15) is 36.8 Å². The van der Waals surface area contributed by atoms with E-state index in [0.717, 1.165) is 57.8 Å². The Morgan fingerprint density at radius 2 is 0.919 bits per heavy atom. The van der Waals surface area contributed by atoms with Crippen molar-refractivity contribution in [3.05, 3.63) is 12.2 Å². The zero-order valence-electron chi connectivity index (χ0n) is 39.2. The number of carbonyl (C=O) groups excluding carboxylic acids is 2. The van der Waals surface area contributed by atoms with E-state index in [0.29, 0.717) is 12.8 Å². The number of ether oxygens (including phenoxy) is 4. The highest BCUT2D eigenvalue weighted by atomic mass is 32.2. The first-order chi connectivity index (χ1) is 30.0. The molecule has 2 unspecified atom stereocenters.